The van der Waals surface area contributed by atoms with Gasteiger partial charge in [-0.3, -0.25) is 4.98 Å². The molecule has 2 aromatic carbocycles. The summed E-state index contributed by atoms with van der Waals surface area (Å²) in [5.41, 5.74) is 3.90. The summed E-state index contributed by atoms with van der Waals surface area (Å²) in [4.78, 5) is 6.75. The summed E-state index contributed by atoms with van der Waals surface area (Å²) < 4.78 is 13.4. The zero-order valence-electron chi connectivity index (χ0n) is 18.4. The van der Waals surface area contributed by atoms with E-state index in [-0.39, 0.29) is 12.1 Å². The summed E-state index contributed by atoms with van der Waals surface area (Å²) in [7, 11) is 3.32. The summed E-state index contributed by atoms with van der Waals surface area (Å²) in [6.45, 7) is 0. The van der Waals surface area contributed by atoms with Gasteiger partial charge in [-0.15, -0.1) is 0 Å². The highest BCUT2D eigenvalue weighted by Crippen LogP contribution is 2.45. The first-order chi connectivity index (χ1) is 16.2. The number of nitrogens with one attached hydrogen (secondary N) is 1. The Bertz CT molecular complexity index is 1260. The van der Waals surface area contributed by atoms with Crippen LogP contribution in [0.4, 0.5) is 5.69 Å². The highest BCUT2D eigenvalue weighted by Gasteiger charge is 2.43. The van der Waals surface area contributed by atoms with Crippen molar-refractivity contribution in [3.8, 4) is 17.2 Å². The summed E-state index contributed by atoms with van der Waals surface area (Å²) >= 11 is 5.88. The second-order valence-electron chi connectivity index (χ2n) is 7.67. The lowest BCUT2D eigenvalue weighted by Gasteiger charge is -2.30. The zero-order chi connectivity index (χ0) is 22.8. The predicted octanol–water partition coefficient (Wildman–Crippen LogP) is 5.07. The Balaban J connectivity index is 1.70. The van der Waals surface area contributed by atoms with Crippen LogP contribution in [-0.4, -0.2) is 28.9 Å². The number of hydrogen-bond acceptors (Lipinski definition) is 4. The number of nitrogens with zero attached hydrogens (tertiary/aromatic N) is 3. The maximum atomic E-state index is 5.88. The van der Waals surface area contributed by atoms with Gasteiger partial charge in [0, 0.05) is 29.8 Å². The van der Waals surface area contributed by atoms with Gasteiger partial charge in [-0.2, -0.15) is 0 Å². The molecule has 2 atom stereocenters. The molecule has 0 unspecified atom stereocenters. The van der Waals surface area contributed by atoms with E-state index >= 15 is 0 Å². The van der Waals surface area contributed by atoms with E-state index in [4.69, 9.17) is 21.7 Å². The Morgan fingerprint density at radius 3 is 2.45 bits per heavy atom. The molecule has 1 saturated heterocycles. The zero-order valence-corrected chi connectivity index (χ0v) is 19.2. The quantitative estimate of drug-likeness (QED) is 0.409. The SMILES string of the molecule is COc1ccc(OC)c(N2C(=S)N[C@@H](c3ccccn3)[C@H]2c2cccn2-c2ccccc2)c1. The molecule has 3 heterocycles. The third kappa shape index (κ3) is 3.81. The lowest BCUT2D eigenvalue weighted by molar-refractivity contribution is 0.402. The van der Waals surface area contributed by atoms with Crippen molar-refractivity contribution in [2.24, 2.45) is 0 Å². The standard InChI is InChI=1S/C26H24N4O2S/c1-31-19-13-14-23(32-2)22(17-19)30-25(24(28-26(30)33)20-11-6-7-15-27-20)21-12-8-16-29(21)18-9-4-3-5-10-18/h3-17,24-25H,1-2H3,(H,28,33)/t24-,25+/m0/s1. The normalized spacial score (nSPS) is 17.6. The number of pyridine rings is 1. The van der Waals surface area contributed by atoms with Crippen LogP contribution in [0.15, 0.2) is 91.3 Å². The van der Waals surface area contributed by atoms with E-state index in [2.05, 4.69) is 50.2 Å². The fraction of sp³-hybridized carbons (Fsp3) is 0.154. The molecule has 0 radical (unpaired) electrons. The van der Waals surface area contributed by atoms with Crippen molar-refractivity contribution in [1.29, 1.82) is 0 Å². The van der Waals surface area contributed by atoms with Crippen molar-refractivity contribution in [1.82, 2.24) is 14.9 Å². The van der Waals surface area contributed by atoms with E-state index in [0.717, 1.165) is 28.5 Å². The van der Waals surface area contributed by atoms with Gasteiger partial charge in [0.15, 0.2) is 5.11 Å². The molecule has 33 heavy (non-hydrogen) atoms. The van der Waals surface area contributed by atoms with Crippen LogP contribution >= 0.6 is 12.2 Å². The van der Waals surface area contributed by atoms with Crippen LogP contribution < -0.4 is 19.7 Å². The van der Waals surface area contributed by atoms with Crippen LogP contribution in [0.2, 0.25) is 0 Å². The van der Waals surface area contributed by atoms with E-state index < -0.39 is 0 Å². The Morgan fingerprint density at radius 1 is 0.909 bits per heavy atom. The average Bonchev–Trinajstić information content (AvgIpc) is 3.49. The number of rotatable bonds is 6. The van der Waals surface area contributed by atoms with Gasteiger partial charge in [-0.25, -0.2) is 0 Å². The molecular formula is C26H24N4O2S. The first-order valence-electron chi connectivity index (χ1n) is 10.7. The van der Waals surface area contributed by atoms with Gasteiger partial charge in [0.25, 0.3) is 0 Å². The Labute approximate surface area is 198 Å². The Kier molecular flexibility index (Phi) is 5.71. The largest absolute Gasteiger partial charge is 0.497 e. The van der Waals surface area contributed by atoms with Crippen molar-refractivity contribution < 1.29 is 9.47 Å². The monoisotopic (exact) mass is 456 g/mol. The summed E-state index contributed by atoms with van der Waals surface area (Å²) in [5.74, 6) is 1.44. The average molecular weight is 457 g/mol. The van der Waals surface area contributed by atoms with E-state index in [0.29, 0.717) is 10.9 Å². The molecule has 1 N–H and O–H groups in total. The molecule has 1 fully saturated rings. The number of para-hydroxylation sites is 1. The van der Waals surface area contributed by atoms with Crippen molar-refractivity contribution in [2.75, 3.05) is 19.1 Å². The molecule has 0 saturated carbocycles. The van der Waals surface area contributed by atoms with Gasteiger partial charge < -0.3 is 24.3 Å². The molecule has 1 aliphatic rings. The minimum Gasteiger partial charge on any atom is -0.497 e. The number of aromatic nitrogens is 2. The van der Waals surface area contributed by atoms with Crippen LogP contribution in [-0.2, 0) is 0 Å². The third-order valence-electron chi connectivity index (χ3n) is 5.86. The molecule has 2 aromatic heterocycles. The maximum Gasteiger partial charge on any atom is 0.174 e. The number of methoxy groups -OCH3 is 2. The number of benzene rings is 2. The molecular weight excluding hydrogens is 432 g/mol. The molecule has 166 valence electrons. The lowest BCUT2D eigenvalue weighted by Crippen LogP contribution is -2.30. The Hall–Kier alpha value is -3.84. The van der Waals surface area contributed by atoms with E-state index in [1.807, 2.05) is 60.8 Å². The number of hydrogen-bond donors (Lipinski definition) is 1. The van der Waals surface area contributed by atoms with Crippen molar-refractivity contribution in [3.63, 3.8) is 0 Å². The molecule has 1 aliphatic heterocycles. The van der Waals surface area contributed by atoms with Gasteiger partial charge in [0.2, 0.25) is 0 Å². The maximum absolute atomic E-state index is 5.88. The molecule has 0 spiro atoms. The molecule has 6 nitrogen and oxygen atoms in total. The highest BCUT2D eigenvalue weighted by atomic mass is 32.1. The lowest BCUT2D eigenvalue weighted by atomic mass is 10.0. The van der Waals surface area contributed by atoms with Crippen LogP contribution in [0.3, 0.4) is 0 Å². The van der Waals surface area contributed by atoms with Crippen molar-refractivity contribution in [2.45, 2.75) is 12.1 Å². The topological polar surface area (TPSA) is 51.6 Å². The minimum absolute atomic E-state index is 0.160. The van der Waals surface area contributed by atoms with E-state index in [9.17, 15) is 0 Å². The first-order valence-corrected chi connectivity index (χ1v) is 11.1. The summed E-state index contributed by atoms with van der Waals surface area (Å²) in [6, 6.07) is 25.8. The van der Waals surface area contributed by atoms with Crippen LogP contribution in [0.25, 0.3) is 5.69 Å². The molecule has 7 heteroatoms. The van der Waals surface area contributed by atoms with Crippen LogP contribution in [0, 0.1) is 0 Å². The molecule has 0 aliphatic carbocycles. The minimum atomic E-state index is -0.177. The molecule has 4 aromatic rings. The van der Waals surface area contributed by atoms with Gasteiger partial charge in [-0.05, 0) is 60.7 Å². The molecule has 5 rings (SSSR count). The molecule has 0 bridgehead atoms. The second-order valence-corrected chi connectivity index (χ2v) is 8.06. The van der Waals surface area contributed by atoms with Crippen molar-refractivity contribution in [3.05, 3.63) is 103 Å². The second kappa shape index (κ2) is 8.96. The molecule has 0 amide bonds. The first kappa shape index (κ1) is 21.0. The van der Waals surface area contributed by atoms with Gasteiger partial charge in [-0.1, -0.05) is 24.3 Å². The fourth-order valence-electron chi connectivity index (χ4n) is 4.36. The Morgan fingerprint density at radius 2 is 1.73 bits per heavy atom. The summed E-state index contributed by atoms with van der Waals surface area (Å²) in [5, 5.41) is 4.11. The number of anilines is 1. The van der Waals surface area contributed by atoms with Gasteiger partial charge >= 0.3 is 0 Å². The van der Waals surface area contributed by atoms with E-state index in [1.54, 1.807) is 14.2 Å². The number of thiocarbonyl (C=S) groups is 1. The van der Waals surface area contributed by atoms with Gasteiger partial charge in [0.1, 0.15) is 17.5 Å². The predicted molar refractivity (Wildman–Crippen MR) is 133 cm³/mol. The summed E-state index contributed by atoms with van der Waals surface area (Å²) in [6.07, 6.45) is 3.88. The van der Waals surface area contributed by atoms with Crippen LogP contribution in [0.1, 0.15) is 23.5 Å². The highest BCUT2D eigenvalue weighted by molar-refractivity contribution is 7.80. The smallest absolute Gasteiger partial charge is 0.174 e. The van der Waals surface area contributed by atoms with Crippen LogP contribution in [0.5, 0.6) is 11.5 Å². The van der Waals surface area contributed by atoms with E-state index in [1.165, 1.54) is 0 Å². The number of ether oxygens (including phenoxy) is 2. The fourth-order valence-corrected chi connectivity index (χ4v) is 4.70. The van der Waals surface area contributed by atoms with Gasteiger partial charge in [0.05, 0.1) is 31.6 Å². The third-order valence-corrected chi connectivity index (χ3v) is 6.18. The van der Waals surface area contributed by atoms with Crippen molar-refractivity contribution >= 4 is 23.0 Å².